The van der Waals surface area contributed by atoms with Crippen molar-refractivity contribution < 1.29 is 14.6 Å². The number of aliphatic hydroxyl groups excluding tert-OH is 1. The summed E-state index contributed by atoms with van der Waals surface area (Å²) >= 11 is 0. The lowest BCUT2D eigenvalue weighted by Gasteiger charge is -2.27. The SMILES string of the molecule is CC(C)Oc1ccc(C(O)CNC(=O)C2C3CCC(C3)C2N)cc1. The Morgan fingerprint density at radius 1 is 1.29 bits per heavy atom. The van der Waals surface area contributed by atoms with Gasteiger partial charge >= 0.3 is 0 Å². The summed E-state index contributed by atoms with van der Waals surface area (Å²) in [7, 11) is 0. The lowest BCUT2D eigenvalue weighted by Crippen LogP contribution is -2.46. The number of rotatable bonds is 6. The van der Waals surface area contributed by atoms with Gasteiger partial charge in [0.2, 0.25) is 5.91 Å². The van der Waals surface area contributed by atoms with Crippen molar-refractivity contribution >= 4 is 5.91 Å². The highest BCUT2D eigenvalue weighted by atomic mass is 16.5. The van der Waals surface area contributed by atoms with Crippen LogP contribution in [0.3, 0.4) is 0 Å². The van der Waals surface area contributed by atoms with Crippen LogP contribution in [0.1, 0.15) is 44.8 Å². The van der Waals surface area contributed by atoms with E-state index in [0.717, 1.165) is 30.6 Å². The largest absolute Gasteiger partial charge is 0.491 e. The number of carbonyl (C=O) groups is 1. The van der Waals surface area contributed by atoms with E-state index in [2.05, 4.69) is 5.32 Å². The molecule has 5 unspecified atom stereocenters. The van der Waals surface area contributed by atoms with Crippen molar-refractivity contribution in [2.24, 2.45) is 23.5 Å². The Hall–Kier alpha value is -1.59. The zero-order valence-electron chi connectivity index (χ0n) is 14.4. The average molecular weight is 332 g/mol. The summed E-state index contributed by atoms with van der Waals surface area (Å²) in [5.41, 5.74) is 6.97. The summed E-state index contributed by atoms with van der Waals surface area (Å²) in [6, 6.07) is 7.32. The number of ether oxygens (including phenoxy) is 1. The van der Waals surface area contributed by atoms with E-state index in [1.54, 1.807) is 0 Å². The molecule has 1 aromatic rings. The topological polar surface area (TPSA) is 84.6 Å². The lowest BCUT2D eigenvalue weighted by molar-refractivity contribution is -0.127. The monoisotopic (exact) mass is 332 g/mol. The van der Waals surface area contributed by atoms with Gasteiger partial charge in [0.25, 0.3) is 0 Å². The molecule has 4 N–H and O–H groups in total. The van der Waals surface area contributed by atoms with E-state index in [9.17, 15) is 9.90 Å². The fourth-order valence-corrected chi connectivity index (χ4v) is 4.20. The maximum Gasteiger partial charge on any atom is 0.225 e. The minimum absolute atomic E-state index is 0.00601. The van der Waals surface area contributed by atoms with E-state index in [-0.39, 0.29) is 30.5 Å². The fourth-order valence-electron chi connectivity index (χ4n) is 4.20. The van der Waals surface area contributed by atoms with Crippen LogP contribution < -0.4 is 15.8 Å². The standard InChI is InChI=1S/C19H28N2O3/c1-11(2)24-15-7-5-12(6-8-15)16(22)10-21-19(23)17-13-3-4-14(9-13)18(17)20/h5-8,11,13-14,16-18,22H,3-4,9-10,20H2,1-2H3,(H,21,23). The molecular weight excluding hydrogens is 304 g/mol. The van der Waals surface area contributed by atoms with E-state index in [0.29, 0.717) is 11.8 Å². The number of fused-ring (bicyclic) bond motifs is 2. The summed E-state index contributed by atoms with van der Waals surface area (Å²) in [6.45, 7) is 4.15. The van der Waals surface area contributed by atoms with Crippen LogP contribution in [0.15, 0.2) is 24.3 Å². The molecule has 0 aliphatic heterocycles. The maximum atomic E-state index is 12.4. The van der Waals surface area contributed by atoms with Crippen molar-refractivity contribution in [3.8, 4) is 5.75 Å². The molecule has 1 amide bonds. The number of benzene rings is 1. The van der Waals surface area contributed by atoms with Crippen molar-refractivity contribution in [1.82, 2.24) is 5.32 Å². The Bertz CT molecular complexity index is 570. The van der Waals surface area contributed by atoms with Crippen LogP contribution in [0.2, 0.25) is 0 Å². The minimum Gasteiger partial charge on any atom is -0.491 e. The Morgan fingerprint density at radius 2 is 1.96 bits per heavy atom. The Labute approximate surface area is 143 Å². The van der Waals surface area contributed by atoms with Gasteiger partial charge in [0.05, 0.1) is 18.1 Å². The van der Waals surface area contributed by atoms with Crippen LogP contribution in [-0.4, -0.2) is 29.7 Å². The van der Waals surface area contributed by atoms with Gasteiger partial charge in [-0.05, 0) is 62.6 Å². The Balaban J connectivity index is 1.52. The highest BCUT2D eigenvalue weighted by molar-refractivity contribution is 5.80. The van der Waals surface area contributed by atoms with Crippen LogP contribution >= 0.6 is 0 Å². The molecule has 5 heteroatoms. The molecule has 0 heterocycles. The second-order valence-corrected chi connectivity index (χ2v) is 7.43. The van der Waals surface area contributed by atoms with Gasteiger partial charge in [0.1, 0.15) is 5.75 Å². The molecule has 5 nitrogen and oxygen atoms in total. The summed E-state index contributed by atoms with van der Waals surface area (Å²) in [5, 5.41) is 13.2. The number of carbonyl (C=O) groups excluding carboxylic acids is 1. The van der Waals surface area contributed by atoms with E-state index in [1.807, 2.05) is 38.1 Å². The highest BCUT2D eigenvalue weighted by Crippen LogP contribution is 2.47. The summed E-state index contributed by atoms with van der Waals surface area (Å²) in [6.07, 6.45) is 2.74. The molecule has 1 aromatic carbocycles. The number of nitrogens with one attached hydrogen (secondary N) is 1. The maximum absolute atomic E-state index is 12.4. The van der Waals surface area contributed by atoms with Gasteiger partial charge in [-0.2, -0.15) is 0 Å². The van der Waals surface area contributed by atoms with Gasteiger partial charge < -0.3 is 20.9 Å². The molecule has 0 saturated heterocycles. The molecule has 24 heavy (non-hydrogen) atoms. The third kappa shape index (κ3) is 3.57. The van der Waals surface area contributed by atoms with E-state index in [4.69, 9.17) is 10.5 Å². The number of hydrogen-bond donors (Lipinski definition) is 3. The smallest absolute Gasteiger partial charge is 0.225 e. The van der Waals surface area contributed by atoms with Crippen molar-refractivity contribution in [2.75, 3.05) is 6.54 Å². The molecule has 3 rings (SSSR count). The molecule has 2 saturated carbocycles. The predicted octanol–water partition coefficient (Wildman–Crippen LogP) is 2.00. The van der Waals surface area contributed by atoms with E-state index >= 15 is 0 Å². The van der Waals surface area contributed by atoms with Crippen LogP contribution in [-0.2, 0) is 4.79 Å². The second-order valence-electron chi connectivity index (χ2n) is 7.43. The fraction of sp³-hybridized carbons (Fsp3) is 0.632. The van der Waals surface area contributed by atoms with Crippen molar-refractivity contribution in [2.45, 2.75) is 51.4 Å². The summed E-state index contributed by atoms with van der Waals surface area (Å²) in [4.78, 5) is 12.4. The minimum atomic E-state index is -0.725. The lowest BCUT2D eigenvalue weighted by atomic mass is 9.84. The molecular formula is C19H28N2O3. The Morgan fingerprint density at radius 3 is 2.54 bits per heavy atom. The molecule has 5 atom stereocenters. The van der Waals surface area contributed by atoms with E-state index < -0.39 is 6.10 Å². The van der Waals surface area contributed by atoms with Gasteiger partial charge in [-0.15, -0.1) is 0 Å². The third-order valence-corrected chi connectivity index (χ3v) is 5.39. The van der Waals surface area contributed by atoms with Gasteiger partial charge in [-0.3, -0.25) is 4.79 Å². The first-order valence-corrected chi connectivity index (χ1v) is 8.93. The second kappa shape index (κ2) is 7.11. The molecule has 0 spiro atoms. The molecule has 0 radical (unpaired) electrons. The van der Waals surface area contributed by atoms with Gasteiger partial charge in [0, 0.05) is 12.6 Å². The quantitative estimate of drug-likeness (QED) is 0.744. The van der Waals surface area contributed by atoms with Gasteiger partial charge in [-0.1, -0.05) is 12.1 Å². The molecule has 132 valence electrons. The van der Waals surface area contributed by atoms with Crippen LogP contribution in [0.5, 0.6) is 5.75 Å². The first kappa shape index (κ1) is 17.2. The third-order valence-electron chi connectivity index (χ3n) is 5.39. The zero-order chi connectivity index (χ0) is 17.3. The zero-order valence-corrected chi connectivity index (χ0v) is 14.4. The normalized spacial score (nSPS) is 29.7. The van der Waals surface area contributed by atoms with Crippen molar-refractivity contribution in [3.63, 3.8) is 0 Å². The van der Waals surface area contributed by atoms with Crippen molar-refractivity contribution in [3.05, 3.63) is 29.8 Å². The van der Waals surface area contributed by atoms with Crippen LogP contribution in [0, 0.1) is 17.8 Å². The summed E-state index contributed by atoms with van der Waals surface area (Å²) in [5.74, 6) is 1.61. The van der Waals surface area contributed by atoms with Gasteiger partial charge in [-0.25, -0.2) is 0 Å². The number of aliphatic hydroxyl groups is 1. The van der Waals surface area contributed by atoms with E-state index in [1.165, 1.54) is 0 Å². The molecule has 2 bridgehead atoms. The first-order chi connectivity index (χ1) is 11.5. The predicted molar refractivity (Wildman–Crippen MR) is 92.5 cm³/mol. The number of nitrogens with two attached hydrogens (primary N) is 1. The van der Waals surface area contributed by atoms with Crippen LogP contribution in [0.25, 0.3) is 0 Å². The number of amides is 1. The van der Waals surface area contributed by atoms with Crippen LogP contribution in [0.4, 0.5) is 0 Å². The highest BCUT2D eigenvalue weighted by Gasteiger charge is 2.48. The number of hydrogen-bond acceptors (Lipinski definition) is 4. The Kier molecular flexibility index (Phi) is 5.11. The first-order valence-electron chi connectivity index (χ1n) is 8.93. The average Bonchev–Trinajstić information content (AvgIpc) is 3.13. The molecule has 2 fully saturated rings. The summed E-state index contributed by atoms with van der Waals surface area (Å²) < 4.78 is 5.59. The molecule has 2 aliphatic carbocycles. The van der Waals surface area contributed by atoms with Gasteiger partial charge in [0.15, 0.2) is 0 Å². The molecule has 0 aromatic heterocycles. The molecule has 2 aliphatic rings. The van der Waals surface area contributed by atoms with Crippen molar-refractivity contribution in [1.29, 1.82) is 0 Å².